The molecule has 0 radical (unpaired) electrons. The second-order valence-corrected chi connectivity index (χ2v) is 6.81. The van der Waals surface area contributed by atoms with Crippen LogP contribution in [-0.2, 0) is 5.54 Å². The largest absolute Gasteiger partial charge is 0.321 e. The molecular formula is C16H24FN. The van der Waals surface area contributed by atoms with Gasteiger partial charge in [0.05, 0.1) is 0 Å². The van der Waals surface area contributed by atoms with Gasteiger partial charge in [0, 0.05) is 5.54 Å². The van der Waals surface area contributed by atoms with Gasteiger partial charge in [-0.1, -0.05) is 32.9 Å². The molecule has 1 saturated carbocycles. The van der Waals surface area contributed by atoms with Gasteiger partial charge in [0.15, 0.2) is 0 Å². The number of rotatable bonds is 1. The van der Waals surface area contributed by atoms with E-state index in [1.165, 1.54) is 6.07 Å². The van der Waals surface area contributed by atoms with Crippen LogP contribution in [0.2, 0.25) is 0 Å². The highest BCUT2D eigenvalue weighted by Gasteiger charge is 2.37. The van der Waals surface area contributed by atoms with Crippen molar-refractivity contribution in [1.29, 1.82) is 0 Å². The summed E-state index contributed by atoms with van der Waals surface area (Å²) in [7, 11) is 0. The molecule has 1 fully saturated rings. The van der Waals surface area contributed by atoms with Gasteiger partial charge in [-0.15, -0.1) is 0 Å². The minimum atomic E-state index is -0.330. The van der Waals surface area contributed by atoms with Crippen molar-refractivity contribution in [3.05, 3.63) is 35.6 Å². The fraction of sp³-hybridized carbons (Fsp3) is 0.625. The molecule has 1 aliphatic carbocycles. The normalized spacial score (nSPS) is 29.3. The van der Waals surface area contributed by atoms with Crippen LogP contribution in [0.25, 0.3) is 0 Å². The number of hydrogen-bond acceptors (Lipinski definition) is 1. The summed E-state index contributed by atoms with van der Waals surface area (Å²) in [6, 6.07) is 6.79. The Morgan fingerprint density at radius 2 is 1.83 bits per heavy atom. The lowest BCUT2D eigenvalue weighted by molar-refractivity contribution is 0.134. The Kier molecular flexibility index (Phi) is 3.50. The first-order valence-electron chi connectivity index (χ1n) is 6.86. The minimum Gasteiger partial charge on any atom is -0.321 e. The van der Waals surface area contributed by atoms with Crippen LogP contribution in [0.3, 0.4) is 0 Å². The average Bonchev–Trinajstić information content (AvgIpc) is 2.28. The minimum absolute atomic E-state index is 0.185. The maximum Gasteiger partial charge on any atom is 0.123 e. The Morgan fingerprint density at radius 1 is 1.22 bits per heavy atom. The number of hydrogen-bond donors (Lipinski definition) is 1. The van der Waals surface area contributed by atoms with Gasteiger partial charge in [0.1, 0.15) is 5.82 Å². The van der Waals surface area contributed by atoms with E-state index in [0.717, 1.165) is 37.2 Å². The van der Waals surface area contributed by atoms with Crippen LogP contribution in [0.1, 0.15) is 52.0 Å². The van der Waals surface area contributed by atoms with Gasteiger partial charge in [0.2, 0.25) is 0 Å². The van der Waals surface area contributed by atoms with Crippen LogP contribution < -0.4 is 5.73 Å². The zero-order valence-corrected chi connectivity index (χ0v) is 11.7. The second-order valence-electron chi connectivity index (χ2n) is 6.81. The summed E-state index contributed by atoms with van der Waals surface area (Å²) < 4.78 is 13.3. The molecule has 100 valence electrons. The number of nitrogens with two attached hydrogens (primary N) is 1. The third-order valence-corrected chi connectivity index (χ3v) is 4.50. The molecule has 2 rings (SSSR count). The van der Waals surface area contributed by atoms with E-state index >= 15 is 0 Å². The molecule has 0 atom stereocenters. The van der Waals surface area contributed by atoms with E-state index in [1.54, 1.807) is 12.1 Å². The Labute approximate surface area is 110 Å². The fourth-order valence-corrected chi connectivity index (χ4v) is 3.09. The first-order valence-corrected chi connectivity index (χ1v) is 6.86. The third kappa shape index (κ3) is 2.74. The van der Waals surface area contributed by atoms with Gasteiger partial charge in [-0.25, -0.2) is 4.39 Å². The highest BCUT2D eigenvalue weighted by Crippen LogP contribution is 2.44. The van der Waals surface area contributed by atoms with E-state index < -0.39 is 0 Å². The molecule has 1 aromatic carbocycles. The van der Waals surface area contributed by atoms with Crippen molar-refractivity contribution in [1.82, 2.24) is 0 Å². The van der Waals surface area contributed by atoms with Gasteiger partial charge in [-0.05, 0) is 54.7 Å². The molecule has 0 aliphatic heterocycles. The lowest BCUT2D eigenvalue weighted by atomic mass is 9.66. The maximum absolute atomic E-state index is 13.3. The number of benzene rings is 1. The SMILES string of the molecule is CC(C)(C)C1CCC(N)(c2cccc(F)c2)CC1. The van der Waals surface area contributed by atoms with Crippen LogP contribution >= 0.6 is 0 Å². The van der Waals surface area contributed by atoms with Crippen LogP contribution in [-0.4, -0.2) is 0 Å². The van der Waals surface area contributed by atoms with Crippen molar-refractivity contribution in [2.75, 3.05) is 0 Å². The molecule has 2 heteroatoms. The Balaban J connectivity index is 2.12. The van der Waals surface area contributed by atoms with E-state index in [4.69, 9.17) is 5.73 Å². The van der Waals surface area contributed by atoms with Gasteiger partial charge >= 0.3 is 0 Å². The summed E-state index contributed by atoms with van der Waals surface area (Å²) in [6.07, 6.45) is 4.18. The lowest BCUT2D eigenvalue weighted by Crippen LogP contribution is -2.42. The van der Waals surface area contributed by atoms with Crippen molar-refractivity contribution >= 4 is 0 Å². The summed E-state index contributed by atoms with van der Waals surface area (Å²) in [5, 5.41) is 0. The molecule has 1 nitrogen and oxygen atoms in total. The van der Waals surface area contributed by atoms with E-state index in [2.05, 4.69) is 20.8 Å². The smallest absolute Gasteiger partial charge is 0.123 e. The van der Waals surface area contributed by atoms with Crippen molar-refractivity contribution in [3.8, 4) is 0 Å². The van der Waals surface area contributed by atoms with E-state index in [9.17, 15) is 4.39 Å². The van der Waals surface area contributed by atoms with Gasteiger partial charge in [-0.3, -0.25) is 0 Å². The molecule has 0 saturated heterocycles. The summed E-state index contributed by atoms with van der Waals surface area (Å²) in [5.41, 5.74) is 7.46. The molecule has 0 amide bonds. The highest BCUT2D eigenvalue weighted by molar-refractivity contribution is 5.25. The molecule has 0 spiro atoms. The van der Waals surface area contributed by atoms with Gasteiger partial charge in [-0.2, -0.15) is 0 Å². The second kappa shape index (κ2) is 4.65. The van der Waals surface area contributed by atoms with Crippen molar-refractivity contribution in [3.63, 3.8) is 0 Å². The number of halogens is 1. The molecule has 0 aromatic heterocycles. The standard InChI is InChI=1S/C16H24FN/c1-15(2,3)12-7-9-16(18,10-8-12)13-5-4-6-14(17)11-13/h4-6,11-12H,7-10,18H2,1-3H3. The van der Waals surface area contributed by atoms with Crippen molar-refractivity contribution in [2.45, 2.75) is 52.0 Å². The van der Waals surface area contributed by atoms with Crippen molar-refractivity contribution < 1.29 is 4.39 Å². The van der Waals surface area contributed by atoms with Crippen LogP contribution in [0, 0.1) is 17.2 Å². The molecule has 1 aromatic rings. The summed E-state index contributed by atoms with van der Waals surface area (Å²) in [5.74, 6) is 0.540. The predicted octanol–water partition coefficient (Wildman–Crippen LogP) is 4.22. The zero-order valence-electron chi connectivity index (χ0n) is 11.7. The van der Waals surface area contributed by atoms with Crippen molar-refractivity contribution in [2.24, 2.45) is 17.1 Å². The first kappa shape index (κ1) is 13.5. The summed E-state index contributed by atoms with van der Waals surface area (Å²) >= 11 is 0. The fourth-order valence-electron chi connectivity index (χ4n) is 3.09. The monoisotopic (exact) mass is 249 g/mol. The summed E-state index contributed by atoms with van der Waals surface area (Å²) in [4.78, 5) is 0. The Bertz CT molecular complexity index is 411. The van der Waals surface area contributed by atoms with E-state index in [1.807, 2.05) is 6.07 Å². The summed E-state index contributed by atoms with van der Waals surface area (Å²) in [6.45, 7) is 6.89. The van der Waals surface area contributed by atoms with Crippen LogP contribution in [0.15, 0.2) is 24.3 Å². The average molecular weight is 249 g/mol. The molecule has 2 N–H and O–H groups in total. The first-order chi connectivity index (χ1) is 8.31. The highest BCUT2D eigenvalue weighted by atomic mass is 19.1. The third-order valence-electron chi connectivity index (χ3n) is 4.50. The van der Waals surface area contributed by atoms with E-state index in [-0.39, 0.29) is 11.4 Å². The molecule has 18 heavy (non-hydrogen) atoms. The molecule has 0 unspecified atom stereocenters. The topological polar surface area (TPSA) is 26.0 Å². The van der Waals surface area contributed by atoms with Crippen LogP contribution in [0.5, 0.6) is 0 Å². The predicted molar refractivity (Wildman–Crippen MR) is 73.7 cm³/mol. The maximum atomic E-state index is 13.3. The molecule has 1 aliphatic rings. The molecule has 0 bridgehead atoms. The van der Waals surface area contributed by atoms with Gasteiger partial charge < -0.3 is 5.73 Å². The molecular weight excluding hydrogens is 225 g/mol. The zero-order chi connectivity index (χ0) is 13.4. The lowest BCUT2D eigenvalue weighted by Gasteiger charge is -2.42. The quantitative estimate of drug-likeness (QED) is 0.792. The van der Waals surface area contributed by atoms with Crippen LogP contribution in [0.4, 0.5) is 4.39 Å². The molecule has 0 heterocycles. The Hall–Kier alpha value is -0.890. The van der Waals surface area contributed by atoms with Gasteiger partial charge in [0.25, 0.3) is 0 Å². The Morgan fingerprint density at radius 3 is 2.33 bits per heavy atom. The van der Waals surface area contributed by atoms with E-state index in [0.29, 0.717) is 5.41 Å².